The van der Waals surface area contributed by atoms with Crippen LogP contribution in [-0.4, -0.2) is 53.9 Å². The Morgan fingerprint density at radius 1 is 0.943 bits per heavy atom. The van der Waals surface area contributed by atoms with Crippen molar-refractivity contribution in [3.8, 4) is 5.75 Å². The van der Waals surface area contributed by atoms with E-state index in [2.05, 4.69) is 53.1 Å². The third-order valence-electron chi connectivity index (χ3n) is 7.48. The van der Waals surface area contributed by atoms with Crippen LogP contribution in [0.2, 0.25) is 0 Å². The van der Waals surface area contributed by atoms with Gasteiger partial charge in [0.25, 0.3) is 0 Å². The minimum absolute atomic E-state index is 0.162. The maximum Gasteiger partial charge on any atom is 0.115 e. The second kappa shape index (κ2) is 12.2. The van der Waals surface area contributed by atoms with Gasteiger partial charge in [0.05, 0.1) is 0 Å². The number of benzene rings is 2. The molecule has 0 spiro atoms. The molecule has 0 atom stereocenters. The van der Waals surface area contributed by atoms with Crippen LogP contribution in [0.3, 0.4) is 0 Å². The van der Waals surface area contributed by atoms with E-state index in [4.69, 9.17) is 0 Å². The van der Waals surface area contributed by atoms with Crippen molar-refractivity contribution in [3.63, 3.8) is 0 Å². The first kappa shape index (κ1) is 25.3. The van der Waals surface area contributed by atoms with E-state index in [1.54, 1.807) is 12.1 Å². The zero-order valence-electron chi connectivity index (χ0n) is 21.3. The number of hydrogen-bond acceptors (Lipinski definition) is 4. The van der Waals surface area contributed by atoms with E-state index in [1.807, 2.05) is 25.1 Å². The van der Waals surface area contributed by atoms with Crippen molar-refractivity contribution in [1.82, 2.24) is 4.90 Å². The van der Waals surface area contributed by atoms with Crippen molar-refractivity contribution in [3.05, 3.63) is 89.0 Å². The van der Waals surface area contributed by atoms with Gasteiger partial charge in [-0.15, -0.1) is 0 Å². The first-order valence-corrected chi connectivity index (χ1v) is 13.1. The molecule has 1 saturated carbocycles. The maximum absolute atomic E-state index is 9.89. The molecule has 1 heterocycles. The van der Waals surface area contributed by atoms with Crippen molar-refractivity contribution in [2.45, 2.75) is 52.0 Å². The van der Waals surface area contributed by atoms with Gasteiger partial charge in [-0.2, -0.15) is 0 Å². The van der Waals surface area contributed by atoms with Gasteiger partial charge in [0.15, 0.2) is 0 Å². The smallest absolute Gasteiger partial charge is 0.115 e. The van der Waals surface area contributed by atoms with Gasteiger partial charge in [0, 0.05) is 44.5 Å². The van der Waals surface area contributed by atoms with Crippen molar-refractivity contribution < 1.29 is 10.2 Å². The van der Waals surface area contributed by atoms with Crippen molar-refractivity contribution in [1.29, 1.82) is 0 Å². The van der Waals surface area contributed by atoms with Crippen LogP contribution in [0.5, 0.6) is 5.75 Å². The van der Waals surface area contributed by atoms with E-state index in [9.17, 15) is 10.2 Å². The number of aliphatic hydroxyl groups is 1. The van der Waals surface area contributed by atoms with Gasteiger partial charge in [-0.1, -0.05) is 48.9 Å². The van der Waals surface area contributed by atoms with E-state index in [0.29, 0.717) is 6.42 Å². The number of nitrogens with zero attached hydrogens (tertiary/aromatic N) is 2. The lowest BCUT2D eigenvalue weighted by molar-refractivity contribution is 0.120. The Hall–Kier alpha value is -2.82. The summed E-state index contributed by atoms with van der Waals surface area (Å²) in [6.07, 6.45) is 11.9. The molecule has 2 fully saturated rings. The summed E-state index contributed by atoms with van der Waals surface area (Å²) in [5, 5.41) is 19.5. The van der Waals surface area contributed by atoms with Gasteiger partial charge >= 0.3 is 0 Å². The summed E-state index contributed by atoms with van der Waals surface area (Å²) < 4.78 is 0. The van der Waals surface area contributed by atoms with Crippen LogP contribution in [0.1, 0.15) is 57.1 Å². The minimum atomic E-state index is 0.162. The summed E-state index contributed by atoms with van der Waals surface area (Å²) in [6.45, 7) is 8.81. The van der Waals surface area contributed by atoms with E-state index in [1.165, 1.54) is 36.1 Å². The molecule has 186 valence electrons. The molecule has 4 nitrogen and oxygen atoms in total. The van der Waals surface area contributed by atoms with E-state index >= 15 is 0 Å². The van der Waals surface area contributed by atoms with Crippen LogP contribution < -0.4 is 4.90 Å². The molecule has 2 N–H and O–H groups in total. The Morgan fingerprint density at radius 3 is 2.11 bits per heavy atom. The zero-order chi connectivity index (χ0) is 24.6. The van der Waals surface area contributed by atoms with E-state index in [0.717, 1.165) is 55.3 Å². The van der Waals surface area contributed by atoms with Gasteiger partial charge < -0.3 is 15.1 Å². The SMILES string of the molecule is C\C=C/C=C(C)/C(CCCO)=C(/c1ccc(O)cc1)c1ccc(N2CCN(C3CCC3)CC2)cc1. The molecular weight excluding hydrogens is 432 g/mol. The third kappa shape index (κ3) is 6.25. The highest BCUT2D eigenvalue weighted by molar-refractivity contribution is 5.85. The molecule has 0 bridgehead atoms. The number of rotatable bonds is 9. The quantitative estimate of drug-likeness (QED) is 0.429. The molecular formula is C31H40N2O2. The highest BCUT2D eigenvalue weighted by Crippen LogP contribution is 2.35. The van der Waals surface area contributed by atoms with Crippen molar-refractivity contribution >= 4 is 11.3 Å². The number of aromatic hydroxyl groups is 1. The van der Waals surface area contributed by atoms with E-state index in [-0.39, 0.29) is 12.4 Å². The number of allylic oxidation sites excluding steroid dienone is 5. The monoisotopic (exact) mass is 472 g/mol. The molecule has 1 aliphatic carbocycles. The summed E-state index contributed by atoms with van der Waals surface area (Å²) >= 11 is 0. The van der Waals surface area contributed by atoms with Crippen LogP contribution >= 0.6 is 0 Å². The highest BCUT2D eigenvalue weighted by Gasteiger charge is 2.28. The lowest BCUT2D eigenvalue weighted by Crippen LogP contribution is -2.52. The molecule has 2 aliphatic rings. The largest absolute Gasteiger partial charge is 0.508 e. The molecule has 1 saturated heterocycles. The molecule has 0 unspecified atom stereocenters. The fraction of sp³-hybridized carbons (Fsp3) is 0.419. The van der Waals surface area contributed by atoms with Gasteiger partial charge in [0.2, 0.25) is 0 Å². The number of phenolic OH excluding ortho intramolecular Hbond substituents is 1. The number of phenols is 1. The molecule has 4 rings (SSSR count). The van der Waals surface area contributed by atoms with Gasteiger partial charge in [0.1, 0.15) is 5.75 Å². The second-order valence-electron chi connectivity index (χ2n) is 9.76. The maximum atomic E-state index is 9.89. The Balaban J connectivity index is 1.65. The number of hydrogen-bond donors (Lipinski definition) is 2. The van der Waals surface area contributed by atoms with Gasteiger partial charge in [-0.3, -0.25) is 4.90 Å². The second-order valence-corrected chi connectivity index (χ2v) is 9.76. The molecule has 1 aliphatic heterocycles. The average Bonchev–Trinajstić information content (AvgIpc) is 2.85. The highest BCUT2D eigenvalue weighted by atomic mass is 16.3. The predicted octanol–water partition coefficient (Wildman–Crippen LogP) is 6.16. The zero-order valence-corrected chi connectivity index (χ0v) is 21.3. The molecule has 4 heteroatoms. The first-order chi connectivity index (χ1) is 17.1. The topological polar surface area (TPSA) is 46.9 Å². The first-order valence-electron chi connectivity index (χ1n) is 13.1. The molecule has 0 amide bonds. The summed E-state index contributed by atoms with van der Waals surface area (Å²) in [7, 11) is 0. The van der Waals surface area contributed by atoms with Crippen molar-refractivity contribution in [2.24, 2.45) is 0 Å². The van der Waals surface area contributed by atoms with Crippen LogP contribution in [0.25, 0.3) is 5.57 Å². The Labute approximate surface area is 210 Å². The third-order valence-corrected chi connectivity index (χ3v) is 7.48. The Bertz CT molecular complexity index is 1040. The normalized spacial score (nSPS) is 18.6. The van der Waals surface area contributed by atoms with Gasteiger partial charge in [-0.05, 0) is 91.6 Å². The number of aliphatic hydroxyl groups excluding tert-OH is 1. The Kier molecular flexibility index (Phi) is 8.84. The van der Waals surface area contributed by atoms with Crippen LogP contribution in [0.4, 0.5) is 5.69 Å². The summed E-state index contributed by atoms with van der Waals surface area (Å²) in [5.74, 6) is 0.266. The fourth-order valence-corrected chi connectivity index (χ4v) is 5.20. The predicted molar refractivity (Wildman–Crippen MR) is 147 cm³/mol. The summed E-state index contributed by atoms with van der Waals surface area (Å²) in [4.78, 5) is 5.18. The average molecular weight is 473 g/mol. The molecule has 0 radical (unpaired) electrons. The van der Waals surface area contributed by atoms with Crippen molar-refractivity contribution in [2.75, 3.05) is 37.7 Å². The van der Waals surface area contributed by atoms with Crippen LogP contribution in [0, 0.1) is 0 Å². The standard InChI is InChI=1S/C31H40N2O2/c1-3-4-7-24(2)30(10-6-23-34)31(26-13-17-29(35)18-14-26)25-11-15-28(16-12-25)33-21-19-32(20-22-33)27-8-5-9-27/h3-4,7,11-18,27,34-35H,5-6,8-10,19-23H2,1-2H3/b4-3-,24-7+,31-30+. The minimum Gasteiger partial charge on any atom is -0.508 e. The Morgan fingerprint density at radius 2 is 1.57 bits per heavy atom. The molecule has 35 heavy (non-hydrogen) atoms. The molecule has 0 aromatic heterocycles. The van der Waals surface area contributed by atoms with Crippen LogP contribution in [-0.2, 0) is 0 Å². The lowest BCUT2D eigenvalue weighted by atomic mass is 9.87. The van der Waals surface area contributed by atoms with Gasteiger partial charge in [-0.25, -0.2) is 0 Å². The fourth-order valence-electron chi connectivity index (χ4n) is 5.20. The summed E-state index contributed by atoms with van der Waals surface area (Å²) in [5.41, 5.74) is 7.10. The molecule has 2 aromatic rings. The lowest BCUT2D eigenvalue weighted by Gasteiger charge is -2.43. The molecule has 2 aromatic carbocycles. The van der Waals surface area contributed by atoms with E-state index < -0.39 is 0 Å². The number of anilines is 1. The van der Waals surface area contributed by atoms with Crippen LogP contribution in [0.15, 0.2) is 77.9 Å². The number of piperazine rings is 1. The summed E-state index contributed by atoms with van der Waals surface area (Å²) in [6, 6.07) is 17.3.